The van der Waals surface area contributed by atoms with Crippen molar-refractivity contribution in [3.8, 4) is 11.4 Å². The van der Waals surface area contributed by atoms with E-state index in [2.05, 4.69) is 4.98 Å². The fraction of sp³-hybridized carbons (Fsp3) is 0.367. The molecule has 1 N–H and O–H groups in total. The van der Waals surface area contributed by atoms with Crippen LogP contribution in [0.1, 0.15) is 24.5 Å². The molecule has 1 amide bonds. The summed E-state index contributed by atoms with van der Waals surface area (Å²) in [5.74, 6) is 0.600. The van der Waals surface area contributed by atoms with Gasteiger partial charge in [-0.15, -0.1) is 0 Å². The number of hydrogen-bond donors (Lipinski definition) is 1. The molecule has 0 aliphatic carbocycles. The van der Waals surface area contributed by atoms with Gasteiger partial charge in [0.1, 0.15) is 18.2 Å². The lowest BCUT2D eigenvalue weighted by Gasteiger charge is -2.41. The quantitative estimate of drug-likeness (QED) is 0.398. The van der Waals surface area contributed by atoms with Crippen LogP contribution in [0.15, 0.2) is 78.0 Å². The molecule has 0 spiro atoms. The highest BCUT2D eigenvalue weighted by Crippen LogP contribution is 2.31. The molecule has 2 saturated heterocycles. The van der Waals surface area contributed by atoms with Crippen LogP contribution >= 0.6 is 0 Å². The van der Waals surface area contributed by atoms with Gasteiger partial charge in [0.2, 0.25) is 0 Å². The molecular formula is C30H32N4O6. The van der Waals surface area contributed by atoms with Crippen molar-refractivity contribution in [1.82, 2.24) is 19.0 Å². The maximum absolute atomic E-state index is 13.4. The first-order chi connectivity index (χ1) is 19.5. The monoisotopic (exact) mass is 544 g/mol. The largest absolute Gasteiger partial charge is 0.497 e. The zero-order valence-corrected chi connectivity index (χ0v) is 22.3. The van der Waals surface area contributed by atoms with Crippen LogP contribution in [0.25, 0.3) is 16.7 Å². The molecule has 10 nitrogen and oxygen atoms in total. The van der Waals surface area contributed by atoms with Gasteiger partial charge >= 0.3 is 0 Å². The van der Waals surface area contributed by atoms with Crippen LogP contribution in [0.5, 0.6) is 5.75 Å². The SMILES string of the molecule is COc1ccc(-n2ccc3c(=O)n(CC4(O)CCN(C(=O)C5OCCOC5c5ccccc5)CC4)cnc32)cc1. The smallest absolute Gasteiger partial charge is 0.262 e. The summed E-state index contributed by atoms with van der Waals surface area (Å²) in [6.45, 7) is 1.60. The molecule has 10 heteroatoms. The Balaban J connectivity index is 1.14. The first-order valence-corrected chi connectivity index (χ1v) is 13.5. The van der Waals surface area contributed by atoms with Crippen LogP contribution < -0.4 is 10.3 Å². The lowest BCUT2D eigenvalue weighted by Crippen LogP contribution is -2.53. The zero-order valence-electron chi connectivity index (χ0n) is 22.3. The number of fused-ring (bicyclic) bond motifs is 1. The molecule has 6 rings (SSSR count). The van der Waals surface area contributed by atoms with Crippen LogP contribution in [0.2, 0.25) is 0 Å². The van der Waals surface area contributed by atoms with Gasteiger partial charge in [-0.25, -0.2) is 4.98 Å². The first kappa shape index (κ1) is 26.2. The van der Waals surface area contributed by atoms with Crippen LogP contribution in [-0.2, 0) is 20.8 Å². The van der Waals surface area contributed by atoms with E-state index in [0.29, 0.717) is 50.2 Å². The van der Waals surface area contributed by atoms with Gasteiger partial charge in [0.05, 0.1) is 37.9 Å². The Kier molecular flexibility index (Phi) is 7.14. The summed E-state index contributed by atoms with van der Waals surface area (Å²) in [6.07, 6.45) is 2.76. The summed E-state index contributed by atoms with van der Waals surface area (Å²) < 4.78 is 20.3. The molecule has 2 atom stereocenters. The minimum atomic E-state index is -1.14. The van der Waals surface area contributed by atoms with Crippen molar-refractivity contribution in [2.24, 2.45) is 0 Å². The molecule has 4 heterocycles. The standard InChI is InChI=1S/C30H32N4O6/c1-38-23-9-7-22(8-10-23)34-14-11-24-27(34)31-20-33(28(24)35)19-30(37)12-15-32(16-13-30)29(36)26-25(39-17-18-40-26)21-5-3-2-4-6-21/h2-11,14,20,25-26,37H,12-13,15-19H2,1H3. The van der Waals surface area contributed by atoms with Gasteiger partial charge in [-0.1, -0.05) is 30.3 Å². The van der Waals surface area contributed by atoms with Gasteiger partial charge in [-0.3, -0.25) is 14.2 Å². The second-order valence-electron chi connectivity index (χ2n) is 10.3. The predicted octanol–water partition coefficient (Wildman–Crippen LogP) is 2.71. The van der Waals surface area contributed by atoms with Gasteiger partial charge in [0, 0.05) is 25.0 Å². The van der Waals surface area contributed by atoms with E-state index in [9.17, 15) is 14.7 Å². The number of methoxy groups -OCH3 is 1. The lowest BCUT2D eigenvalue weighted by atomic mass is 9.90. The third kappa shape index (κ3) is 5.01. The molecule has 2 aromatic heterocycles. The van der Waals surface area contributed by atoms with E-state index in [1.807, 2.05) is 65.4 Å². The van der Waals surface area contributed by atoms with Gasteiger partial charge in [0.15, 0.2) is 11.8 Å². The molecule has 40 heavy (non-hydrogen) atoms. The number of carbonyl (C=O) groups is 1. The van der Waals surface area contributed by atoms with E-state index in [1.54, 1.807) is 18.1 Å². The number of ether oxygens (including phenoxy) is 3. The first-order valence-electron chi connectivity index (χ1n) is 13.5. The van der Waals surface area contributed by atoms with Crippen LogP contribution in [0, 0.1) is 0 Å². The number of aliphatic hydroxyl groups is 1. The van der Waals surface area contributed by atoms with E-state index in [4.69, 9.17) is 14.2 Å². The number of carbonyl (C=O) groups excluding carboxylic acids is 1. The number of nitrogens with zero attached hydrogens (tertiary/aromatic N) is 4. The number of piperidine rings is 1. The number of amides is 1. The molecule has 2 aliphatic heterocycles. The molecule has 2 unspecified atom stereocenters. The average Bonchev–Trinajstić information content (AvgIpc) is 3.44. The topological polar surface area (TPSA) is 108 Å². The summed E-state index contributed by atoms with van der Waals surface area (Å²) in [5.41, 5.74) is 0.941. The molecule has 208 valence electrons. The van der Waals surface area contributed by atoms with Gasteiger partial charge < -0.3 is 28.8 Å². The Morgan fingerprint density at radius 2 is 1.77 bits per heavy atom. The molecule has 4 aromatic rings. The third-order valence-electron chi connectivity index (χ3n) is 7.82. The maximum atomic E-state index is 13.4. The predicted molar refractivity (Wildman–Crippen MR) is 148 cm³/mol. The summed E-state index contributed by atoms with van der Waals surface area (Å²) in [6, 6.07) is 18.9. The van der Waals surface area contributed by atoms with Crippen LogP contribution in [-0.4, -0.2) is 75.1 Å². The summed E-state index contributed by atoms with van der Waals surface area (Å²) >= 11 is 0. The Morgan fingerprint density at radius 3 is 2.50 bits per heavy atom. The average molecular weight is 545 g/mol. The van der Waals surface area contributed by atoms with E-state index in [-0.39, 0.29) is 18.0 Å². The lowest BCUT2D eigenvalue weighted by molar-refractivity contribution is -0.178. The molecular weight excluding hydrogens is 512 g/mol. The van der Waals surface area contributed by atoms with Gasteiger partial charge in [-0.05, 0) is 48.7 Å². The Hall–Kier alpha value is -3.99. The van der Waals surface area contributed by atoms with Crippen LogP contribution in [0.4, 0.5) is 0 Å². The molecule has 2 aromatic carbocycles. The highest BCUT2D eigenvalue weighted by molar-refractivity contribution is 5.82. The highest BCUT2D eigenvalue weighted by atomic mass is 16.6. The number of hydrogen-bond acceptors (Lipinski definition) is 7. The van der Waals surface area contributed by atoms with Gasteiger partial charge in [0.25, 0.3) is 11.5 Å². The van der Waals surface area contributed by atoms with Crippen molar-refractivity contribution in [3.63, 3.8) is 0 Å². The van der Waals surface area contributed by atoms with E-state index in [0.717, 1.165) is 17.0 Å². The molecule has 0 bridgehead atoms. The fourth-order valence-electron chi connectivity index (χ4n) is 5.56. The Morgan fingerprint density at radius 1 is 1.05 bits per heavy atom. The van der Waals surface area contributed by atoms with Crippen molar-refractivity contribution in [3.05, 3.63) is 89.1 Å². The van der Waals surface area contributed by atoms with E-state index >= 15 is 0 Å². The molecule has 0 radical (unpaired) electrons. The van der Waals surface area contributed by atoms with Crippen molar-refractivity contribution in [2.75, 3.05) is 33.4 Å². The number of rotatable bonds is 6. The molecule has 2 fully saturated rings. The highest BCUT2D eigenvalue weighted by Gasteiger charge is 2.41. The summed E-state index contributed by atoms with van der Waals surface area (Å²) in [5, 5.41) is 11.9. The van der Waals surface area contributed by atoms with Crippen molar-refractivity contribution in [1.29, 1.82) is 0 Å². The van der Waals surface area contributed by atoms with Gasteiger partial charge in [-0.2, -0.15) is 0 Å². The normalized spacial score (nSPS) is 20.9. The summed E-state index contributed by atoms with van der Waals surface area (Å²) in [4.78, 5) is 33.0. The minimum absolute atomic E-state index is 0.0974. The fourth-order valence-corrected chi connectivity index (χ4v) is 5.56. The summed E-state index contributed by atoms with van der Waals surface area (Å²) in [7, 11) is 1.61. The molecule has 2 aliphatic rings. The number of likely N-dealkylation sites (tertiary alicyclic amines) is 1. The van der Waals surface area contributed by atoms with Crippen molar-refractivity contribution >= 4 is 16.9 Å². The van der Waals surface area contributed by atoms with Crippen LogP contribution in [0.3, 0.4) is 0 Å². The van der Waals surface area contributed by atoms with E-state index in [1.165, 1.54) is 10.9 Å². The zero-order chi connectivity index (χ0) is 27.7. The number of aromatic nitrogens is 3. The Bertz CT molecular complexity index is 1540. The van der Waals surface area contributed by atoms with E-state index < -0.39 is 17.8 Å². The maximum Gasteiger partial charge on any atom is 0.262 e. The second-order valence-corrected chi connectivity index (χ2v) is 10.3. The van der Waals surface area contributed by atoms with Crippen molar-refractivity contribution < 1.29 is 24.1 Å². The minimum Gasteiger partial charge on any atom is -0.497 e. The molecule has 0 saturated carbocycles. The third-order valence-corrected chi connectivity index (χ3v) is 7.82. The second kappa shape index (κ2) is 10.9. The Labute approximate surface area is 231 Å². The van der Waals surface area contributed by atoms with Crippen molar-refractivity contribution in [2.45, 2.75) is 37.2 Å². The number of benzene rings is 2.